The summed E-state index contributed by atoms with van der Waals surface area (Å²) in [4.78, 5) is 0. The van der Waals surface area contributed by atoms with Crippen LogP contribution in [0.1, 0.15) is 31.9 Å². The number of likely N-dealkylation sites (N-methyl/N-ethyl adjacent to an activating group) is 1. The van der Waals surface area contributed by atoms with Crippen molar-refractivity contribution in [1.29, 1.82) is 0 Å². The average molecular weight is 195 g/mol. The zero-order valence-corrected chi connectivity index (χ0v) is 9.45. The Morgan fingerprint density at radius 1 is 1.57 bits per heavy atom. The maximum atomic E-state index is 4.38. The van der Waals surface area contributed by atoms with Crippen LogP contribution in [-0.2, 0) is 13.5 Å². The van der Waals surface area contributed by atoms with Gasteiger partial charge in [-0.15, -0.1) is 0 Å². The van der Waals surface area contributed by atoms with E-state index in [9.17, 15) is 0 Å². The smallest absolute Gasteiger partial charge is 0.0639 e. The quantitative estimate of drug-likeness (QED) is 0.749. The molecule has 0 saturated carbocycles. The Morgan fingerprint density at radius 3 is 2.86 bits per heavy atom. The number of rotatable bonds is 6. The molecule has 1 atom stereocenters. The highest BCUT2D eigenvalue weighted by molar-refractivity contribution is 5.01. The van der Waals surface area contributed by atoms with E-state index in [0.29, 0.717) is 6.04 Å². The summed E-state index contributed by atoms with van der Waals surface area (Å²) in [6.45, 7) is 2.23. The van der Waals surface area contributed by atoms with Crippen molar-refractivity contribution in [3.05, 3.63) is 18.0 Å². The van der Waals surface area contributed by atoms with Crippen molar-refractivity contribution in [2.45, 2.75) is 38.6 Å². The summed E-state index contributed by atoms with van der Waals surface area (Å²) in [5.41, 5.74) is 1.18. The second kappa shape index (κ2) is 5.81. The van der Waals surface area contributed by atoms with Gasteiger partial charge in [0.1, 0.15) is 0 Å². The number of hydrogen-bond donors (Lipinski definition) is 1. The van der Waals surface area contributed by atoms with Gasteiger partial charge in [-0.3, -0.25) is 4.68 Å². The lowest BCUT2D eigenvalue weighted by atomic mass is 10.1. The fourth-order valence-corrected chi connectivity index (χ4v) is 1.62. The molecule has 3 heteroatoms. The molecule has 0 saturated heterocycles. The molecular weight excluding hydrogens is 174 g/mol. The van der Waals surface area contributed by atoms with Crippen molar-refractivity contribution in [3.63, 3.8) is 0 Å². The molecule has 1 aromatic heterocycles. The number of nitrogens with one attached hydrogen (secondary N) is 1. The molecule has 0 aliphatic rings. The molecule has 1 aromatic rings. The summed E-state index contributed by atoms with van der Waals surface area (Å²) >= 11 is 0. The average Bonchev–Trinajstić information content (AvgIpc) is 2.58. The molecule has 0 aromatic carbocycles. The molecule has 1 heterocycles. The van der Waals surface area contributed by atoms with Crippen LogP contribution in [0.25, 0.3) is 0 Å². The van der Waals surface area contributed by atoms with Gasteiger partial charge in [-0.1, -0.05) is 19.8 Å². The summed E-state index contributed by atoms with van der Waals surface area (Å²) in [5, 5.41) is 7.73. The SMILES string of the molecule is CCCCC(Cc1ccn(C)n1)NC. The van der Waals surface area contributed by atoms with Crippen LogP contribution in [0, 0.1) is 0 Å². The Labute approximate surface area is 86.5 Å². The summed E-state index contributed by atoms with van der Waals surface area (Å²) in [6.07, 6.45) is 6.83. The van der Waals surface area contributed by atoms with E-state index >= 15 is 0 Å². The van der Waals surface area contributed by atoms with Gasteiger partial charge in [-0.2, -0.15) is 5.10 Å². The van der Waals surface area contributed by atoms with Crippen molar-refractivity contribution in [1.82, 2.24) is 15.1 Å². The highest BCUT2D eigenvalue weighted by Gasteiger charge is 2.07. The number of aryl methyl sites for hydroxylation is 1. The second-order valence-electron chi connectivity index (χ2n) is 3.81. The van der Waals surface area contributed by atoms with Crippen LogP contribution < -0.4 is 5.32 Å². The molecule has 0 amide bonds. The first-order chi connectivity index (χ1) is 6.76. The van der Waals surface area contributed by atoms with Crippen molar-refractivity contribution >= 4 is 0 Å². The van der Waals surface area contributed by atoms with Gasteiger partial charge >= 0.3 is 0 Å². The molecule has 0 aliphatic carbocycles. The molecule has 3 nitrogen and oxygen atoms in total. The van der Waals surface area contributed by atoms with Gasteiger partial charge in [0.2, 0.25) is 0 Å². The highest BCUT2D eigenvalue weighted by Crippen LogP contribution is 2.06. The molecular formula is C11H21N3. The first-order valence-corrected chi connectivity index (χ1v) is 5.42. The largest absolute Gasteiger partial charge is 0.317 e. The van der Waals surface area contributed by atoms with Gasteiger partial charge in [0, 0.05) is 25.7 Å². The molecule has 0 aliphatic heterocycles. The predicted molar refractivity (Wildman–Crippen MR) is 59.3 cm³/mol. The Hall–Kier alpha value is -0.830. The van der Waals surface area contributed by atoms with Gasteiger partial charge in [-0.25, -0.2) is 0 Å². The van der Waals surface area contributed by atoms with Gasteiger partial charge in [0.05, 0.1) is 5.69 Å². The second-order valence-corrected chi connectivity index (χ2v) is 3.81. The van der Waals surface area contributed by atoms with Crippen LogP contribution in [0.4, 0.5) is 0 Å². The monoisotopic (exact) mass is 195 g/mol. The molecule has 0 spiro atoms. The van der Waals surface area contributed by atoms with E-state index in [1.54, 1.807) is 0 Å². The van der Waals surface area contributed by atoms with Crippen molar-refractivity contribution < 1.29 is 0 Å². The number of nitrogens with zero attached hydrogens (tertiary/aromatic N) is 2. The lowest BCUT2D eigenvalue weighted by Gasteiger charge is -2.13. The minimum absolute atomic E-state index is 0.574. The lowest BCUT2D eigenvalue weighted by Crippen LogP contribution is -2.27. The maximum Gasteiger partial charge on any atom is 0.0639 e. The summed E-state index contributed by atoms with van der Waals surface area (Å²) in [5.74, 6) is 0. The van der Waals surface area contributed by atoms with Gasteiger partial charge in [-0.05, 0) is 19.5 Å². The molecule has 0 radical (unpaired) electrons. The Balaban J connectivity index is 2.40. The van der Waals surface area contributed by atoms with E-state index in [4.69, 9.17) is 0 Å². The number of hydrogen-bond acceptors (Lipinski definition) is 2. The van der Waals surface area contributed by atoms with Crippen molar-refractivity contribution in [2.75, 3.05) is 7.05 Å². The zero-order chi connectivity index (χ0) is 10.4. The topological polar surface area (TPSA) is 29.9 Å². The number of unbranched alkanes of at least 4 members (excludes halogenated alkanes) is 1. The third-order valence-electron chi connectivity index (χ3n) is 2.54. The third-order valence-corrected chi connectivity index (χ3v) is 2.54. The molecule has 1 N–H and O–H groups in total. The van der Waals surface area contributed by atoms with E-state index in [-0.39, 0.29) is 0 Å². The molecule has 1 unspecified atom stereocenters. The van der Waals surface area contributed by atoms with Gasteiger partial charge < -0.3 is 5.32 Å². The minimum Gasteiger partial charge on any atom is -0.317 e. The van der Waals surface area contributed by atoms with Crippen LogP contribution in [0.5, 0.6) is 0 Å². The summed E-state index contributed by atoms with van der Waals surface area (Å²) in [6, 6.07) is 2.67. The molecule has 1 rings (SSSR count). The lowest BCUT2D eigenvalue weighted by molar-refractivity contribution is 0.492. The first kappa shape index (κ1) is 11.2. The van der Waals surface area contributed by atoms with Crippen molar-refractivity contribution in [2.24, 2.45) is 7.05 Å². The standard InChI is InChI=1S/C11H21N3/c1-4-5-6-10(12-2)9-11-7-8-14(3)13-11/h7-8,10,12H,4-6,9H2,1-3H3. The Kier molecular flexibility index (Phi) is 4.66. The molecule has 0 bridgehead atoms. The molecule has 14 heavy (non-hydrogen) atoms. The zero-order valence-electron chi connectivity index (χ0n) is 9.45. The molecule has 80 valence electrons. The predicted octanol–water partition coefficient (Wildman–Crippen LogP) is 1.74. The van der Waals surface area contributed by atoms with Gasteiger partial charge in [0.25, 0.3) is 0 Å². The van der Waals surface area contributed by atoms with E-state index in [0.717, 1.165) is 6.42 Å². The maximum absolute atomic E-state index is 4.38. The Morgan fingerprint density at radius 2 is 2.36 bits per heavy atom. The fourth-order valence-electron chi connectivity index (χ4n) is 1.62. The summed E-state index contributed by atoms with van der Waals surface area (Å²) in [7, 11) is 3.99. The van der Waals surface area contributed by atoms with E-state index in [1.165, 1.54) is 25.0 Å². The van der Waals surface area contributed by atoms with Gasteiger partial charge in [0.15, 0.2) is 0 Å². The van der Waals surface area contributed by atoms with E-state index in [1.807, 2.05) is 25.0 Å². The van der Waals surface area contributed by atoms with Crippen molar-refractivity contribution in [3.8, 4) is 0 Å². The van der Waals surface area contributed by atoms with Crippen LogP contribution in [-0.4, -0.2) is 22.9 Å². The van der Waals surface area contributed by atoms with E-state index in [2.05, 4.69) is 23.4 Å². The van der Waals surface area contributed by atoms with Crippen LogP contribution in [0.3, 0.4) is 0 Å². The Bertz CT molecular complexity index is 255. The minimum atomic E-state index is 0.574. The van der Waals surface area contributed by atoms with Crippen LogP contribution >= 0.6 is 0 Å². The fraction of sp³-hybridized carbons (Fsp3) is 0.727. The third kappa shape index (κ3) is 3.50. The number of aromatic nitrogens is 2. The van der Waals surface area contributed by atoms with Crippen LogP contribution in [0.15, 0.2) is 12.3 Å². The van der Waals surface area contributed by atoms with E-state index < -0.39 is 0 Å². The van der Waals surface area contributed by atoms with Crippen LogP contribution in [0.2, 0.25) is 0 Å². The highest BCUT2D eigenvalue weighted by atomic mass is 15.2. The molecule has 0 fully saturated rings. The first-order valence-electron chi connectivity index (χ1n) is 5.42. The summed E-state index contributed by atoms with van der Waals surface area (Å²) < 4.78 is 1.86. The normalized spacial score (nSPS) is 13.1.